The van der Waals surface area contributed by atoms with Gasteiger partial charge in [0, 0.05) is 17.8 Å². The molecule has 0 aliphatic rings. The Morgan fingerprint density at radius 1 is 1.35 bits per heavy atom. The molecule has 2 nitrogen and oxygen atoms in total. The van der Waals surface area contributed by atoms with Crippen LogP contribution in [0, 0.1) is 0 Å². The van der Waals surface area contributed by atoms with Crippen LogP contribution in [0.5, 0.6) is 0 Å². The van der Waals surface area contributed by atoms with Crippen molar-refractivity contribution in [3.05, 3.63) is 47.0 Å². The molecule has 0 unspecified atom stereocenters. The van der Waals surface area contributed by atoms with Crippen LogP contribution in [0.4, 0.5) is 13.2 Å². The molecule has 0 amide bonds. The lowest BCUT2D eigenvalue weighted by molar-refractivity contribution is -0.137. The first-order chi connectivity index (χ1) is 7.97. The molecule has 0 spiro atoms. The number of rotatable bonds is 2. The van der Waals surface area contributed by atoms with Crippen molar-refractivity contribution in [2.45, 2.75) is 6.18 Å². The maximum atomic E-state index is 12.5. The van der Waals surface area contributed by atoms with E-state index >= 15 is 0 Å². The molecule has 2 rings (SSSR count). The Morgan fingerprint density at radius 3 is 2.59 bits per heavy atom. The van der Waals surface area contributed by atoms with E-state index in [4.69, 9.17) is 5.73 Å². The van der Waals surface area contributed by atoms with Gasteiger partial charge in [0.05, 0.1) is 11.3 Å². The molecule has 2 N–H and O–H groups in total. The van der Waals surface area contributed by atoms with E-state index in [1.807, 2.05) is 5.38 Å². The van der Waals surface area contributed by atoms with Crippen molar-refractivity contribution in [2.75, 3.05) is 0 Å². The van der Waals surface area contributed by atoms with Crippen LogP contribution in [0.2, 0.25) is 0 Å². The zero-order chi connectivity index (χ0) is 12.5. The second kappa shape index (κ2) is 4.29. The highest BCUT2D eigenvalue weighted by Crippen LogP contribution is 2.30. The van der Waals surface area contributed by atoms with Gasteiger partial charge in [-0.3, -0.25) is 3.96 Å². The Labute approximate surface area is 99.9 Å². The van der Waals surface area contributed by atoms with E-state index in [-0.39, 0.29) is 0 Å². The van der Waals surface area contributed by atoms with E-state index in [1.54, 1.807) is 22.4 Å². The van der Waals surface area contributed by atoms with Gasteiger partial charge in [-0.1, -0.05) is 23.7 Å². The predicted molar refractivity (Wildman–Crippen MR) is 62.1 cm³/mol. The van der Waals surface area contributed by atoms with Gasteiger partial charge in [-0.15, -0.1) is 0 Å². The van der Waals surface area contributed by atoms with Crippen LogP contribution in [-0.4, -0.2) is 3.96 Å². The second-order valence-electron chi connectivity index (χ2n) is 3.41. The Balaban J connectivity index is 2.32. The minimum atomic E-state index is -4.35. The number of benzene rings is 1. The Morgan fingerprint density at radius 2 is 2.06 bits per heavy atom. The zero-order valence-corrected chi connectivity index (χ0v) is 9.42. The summed E-state index contributed by atoms with van der Waals surface area (Å²) < 4.78 is 39.2. The topological polar surface area (TPSA) is 30.9 Å². The van der Waals surface area contributed by atoms with Gasteiger partial charge < -0.3 is 5.73 Å². The van der Waals surface area contributed by atoms with Crippen molar-refractivity contribution in [1.82, 2.24) is 3.96 Å². The van der Waals surface area contributed by atoms with Gasteiger partial charge in [-0.05, 0) is 17.7 Å². The monoisotopic (exact) mass is 258 g/mol. The van der Waals surface area contributed by atoms with E-state index in [1.165, 1.54) is 17.6 Å². The first kappa shape index (κ1) is 11.8. The average Bonchev–Trinajstić information content (AvgIpc) is 2.22. The number of hydrogen-bond donors (Lipinski definition) is 1. The molecule has 6 heteroatoms. The molecule has 0 saturated heterocycles. The number of hydrogen-bond acceptors (Lipinski definition) is 2. The molecule has 2 aromatic rings. The first-order valence-corrected chi connectivity index (χ1v) is 5.57. The molecule has 1 aromatic carbocycles. The van der Waals surface area contributed by atoms with E-state index in [0.717, 1.165) is 12.1 Å². The molecular weight excluding hydrogens is 249 g/mol. The Kier molecular flexibility index (Phi) is 2.97. The molecular formula is C11H9F3N2S. The summed E-state index contributed by atoms with van der Waals surface area (Å²) in [6, 6.07) is 4.96. The van der Waals surface area contributed by atoms with E-state index in [9.17, 15) is 13.2 Å². The van der Waals surface area contributed by atoms with E-state index in [0.29, 0.717) is 11.3 Å². The standard InChI is InChI=1S/C11H9F3N2S/c12-11(13,14)9-3-1-2-8(6-9)10(15)7-16-4-5-17-16/h1-7H,15H2/b10-7-. The maximum Gasteiger partial charge on any atom is 0.416 e. The van der Waals surface area contributed by atoms with Crippen LogP contribution in [0.1, 0.15) is 11.1 Å². The zero-order valence-electron chi connectivity index (χ0n) is 8.61. The SMILES string of the molecule is N/C(=C\n1ccs1)c1cccc(C(F)(F)F)c1. The van der Waals surface area contributed by atoms with Crippen molar-refractivity contribution in [3.8, 4) is 0 Å². The summed E-state index contributed by atoms with van der Waals surface area (Å²) in [5.41, 5.74) is 5.69. The second-order valence-corrected chi connectivity index (χ2v) is 4.32. The molecule has 17 heavy (non-hydrogen) atoms. The van der Waals surface area contributed by atoms with Crippen LogP contribution in [0.25, 0.3) is 11.9 Å². The normalized spacial score (nSPS) is 13.0. The summed E-state index contributed by atoms with van der Waals surface area (Å²) in [5.74, 6) is 0. The van der Waals surface area contributed by atoms with Gasteiger partial charge in [0.15, 0.2) is 0 Å². The minimum absolute atomic E-state index is 0.299. The third-order valence-electron chi connectivity index (χ3n) is 2.18. The number of alkyl halides is 3. The van der Waals surface area contributed by atoms with Crippen molar-refractivity contribution >= 4 is 23.4 Å². The maximum absolute atomic E-state index is 12.5. The van der Waals surface area contributed by atoms with Crippen LogP contribution < -0.4 is 5.73 Å². The van der Waals surface area contributed by atoms with Gasteiger partial charge in [0.2, 0.25) is 0 Å². The molecule has 90 valence electrons. The Hall–Kier alpha value is -1.69. The first-order valence-electron chi connectivity index (χ1n) is 4.73. The van der Waals surface area contributed by atoms with E-state index < -0.39 is 11.7 Å². The fourth-order valence-corrected chi connectivity index (χ4v) is 1.73. The number of nitrogens with two attached hydrogens (primary N) is 1. The highest BCUT2D eigenvalue weighted by molar-refractivity contribution is 7.05. The summed E-state index contributed by atoms with van der Waals surface area (Å²) in [6.07, 6.45) is -0.993. The average molecular weight is 258 g/mol. The summed E-state index contributed by atoms with van der Waals surface area (Å²) in [7, 11) is 0. The predicted octanol–water partition coefficient (Wildman–Crippen LogP) is 3.48. The van der Waals surface area contributed by atoms with E-state index in [2.05, 4.69) is 0 Å². The summed E-state index contributed by atoms with van der Waals surface area (Å²) in [5, 5.41) is 1.84. The van der Waals surface area contributed by atoms with Crippen LogP contribution in [0.15, 0.2) is 35.8 Å². The number of aromatic nitrogens is 1. The summed E-state index contributed by atoms with van der Waals surface area (Å²) in [6.45, 7) is 0. The third kappa shape index (κ3) is 2.71. The molecule has 0 saturated carbocycles. The molecule has 0 aliphatic heterocycles. The van der Waals surface area contributed by atoms with Crippen LogP contribution >= 0.6 is 11.5 Å². The van der Waals surface area contributed by atoms with Gasteiger partial charge in [-0.25, -0.2) is 0 Å². The fourth-order valence-electron chi connectivity index (χ4n) is 1.29. The highest BCUT2D eigenvalue weighted by Gasteiger charge is 2.30. The molecule has 0 radical (unpaired) electrons. The van der Waals surface area contributed by atoms with Crippen molar-refractivity contribution in [3.63, 3.8) is 0 Å². The number of nitrogens with zero attached hydrogens (tertiary/aromatic N) is 1. The molecule has 1 aromatic heterocycles. The minimum Gasteiger partial charge on any atom is -0.397 e. The smallest absolute Gasteiger partial charge is 0.397 e. The van der Waals surface area contributed by atoms with Crippen LogP contribution in [0.3, 0.4) is 0 Å². The summed E-state index contributed by atoms with van der Waals surface area (Å²) in [4.78, 5) is 0. The molecule has 0 aliphatic carbocycles. The van der Waals surface area contributed by atoms with Crippen molar-refractivity contribution in [2.24, 2.45) is 5.73 Å². The number of halogens is 3. The van der Waals surface area contributed by atoms with Gasteiger partial charge in [0.1, 0.15) is 0 Å². The van der Waals surface area contributed by atoms with Crippen molar-refractivity contribution < 1.29 is 13.2 Å². The van der Waals surface area contributed by atoms with Gasteiger partial charge in [-0.2, -0.15) is 13.2 Å². The molecule has 0 fully saturated rings. The molecule has 0 atom stereocenters. The quantitative estimate of drug-likeness (QED) is 0.878. The Bertz CT molecular complexity index is 528. The molecule has 1 heterocycles. The largest absolute Gasteiger partial charge is 0.416 e. The lowest BCUT2D eigenvalue weighted by Crippen LogP contribution is -2.06. The lowest BCUT2D eigenvalue weighted by atomic mass is 10.1. The van der Waals surface area contributed by atoms with Gasteiger partial charge in [0.25, 0.3) is 0 Å². The van der Waals surface area contributed by atoms with Crippen LogP contribution in [-0.2, 0) is 6.18 Å². The van der Waals surface area contributed by atoms with Gasteiger partial charge >= 0.3 is 6.18 Å². The third-order valence-corrected chi connectivity index (χ3v) is 2.89. The molecule has 0 bridgehead atoms. The lowest BCUT2D eigenvalue weighted by Gasteiger charge is -2.09. The fraction of sp³-hybridized carbons (Fsp3) is 0.0909. The highest BCUT2D eigenvalue weighted by atomic mass is 32.1. The summed E-state index contributed by atoms with van der Waals surface area (Å²) >= 11 is 1.41. The van der Waals surface area contributed by atoms with Crippen molar-refractivity contribution in [1.29, 1.82) is 0 Å².